The Kier molecular flexibility index (Phi) is 3.39. The molecule has 0 radical (unpaired) electrons. The van der Waals surface area contributed by atoms with Gasteiger partial charge < -0.3 is 9.64 Å². The Morgan fingerprint density at radius 3 is 3.17 bits per heavy atom. The largest absolute Gasteiger partial charge is 0.374 e. The fraction of sp³-hybridized carbons (Fsp3) is 0.692. The number of anilines is 1. The average Bonchev–Trinajstić information content (AvgIpc) is 2.86. The van der Waals surface area contributed by atoms with E-state index in [1.165, 1.54) is 19.3 Å². The molecule has 0 amide bonds. The summed E-state index contributed by atoms with van der Waals surface area (Å²) < 4.78 is 5.84. The van der Waals surface area contributed by atoms with Crippen LogP contribution in [-0.4, -0.2) is 35.3 Å². The predicted octanol–water partition coefficient (Wildman–Crippen LogP) is 2.45. The van der Waals surface area contributed by atoms with E-state index in [1.54, 1.807) is 6.33 Å². The monoisotopic (exact) mass is 267 g/mol. The van der Waals surface area contributed by atoms with Crippen LogP contribution in [0.2, 0.25) is 5.15 Å². The highest BCUT2D eigenvalue weighted by Crippen LogP contribution is 2.34. The third kappa shape index (κ3) is 1.97. The maximum atomic E-state index is 6.18. The molecular weight excluding hydrogens is 250 g/mol. The van der Waals surface area contributed by atoms with Gasteiger partial charge in [-0.2, -0.15) is 0 Å². The van der Waals surface area contributed by atoms with Crippen LogP contribution in [0, 0.1) is 0 Å². The lowest BCUT2D eigenvalue weighted by molar-refractivity contribution is 0.0252. The molecule has 1 aromatic rings. The van der Waals surface area contributed by atoms with E-state index >= 15 is 0 Å². The Labute approximate surface area is 112 Å². The van der Waals surface area contributed by atoms with Gasteiger partial charge >= 0.3 is 0 Å². The topological polar surface area (TPSA) is 38.2 Å². The second-order valence-electron chi connectivity index (χ2n) is 4.92. The van der Waals surface area contributed by atoms with Crippen LogP contribution >= 0.6 is 11.6 Å². The summed E-state index contributed by atoms with van der Waals surface area (Å²) in [7, 11) is 0. The number of aromatic nitrogens is 2. The number of nitrogens with zero attached hydrogens (tertiary/aromatic N) is 3. The zero-order valence-electron chi connectivity index (χ0n) is 10.6. The van der Waals surface area contributed by atoms with Gasteiger partial charge in [-0.3, -0.25) is 0 Å². The number of halogens is 1. The number of fused-ring (bicyclic) bond motifs is 1. The van der Waals surface area contributed by atoms with Crippen LogP contribution in [0.4, 0.5) is 5.82 Å². The lowest BCUT2D eigenvalue weighted by Gasteiger charge is -2.39. The highest BCUT2D eigenvalue weighted by molar-refractivity contribution is 6.30. The standard InChI is InChI=1S/C13H18ClN3O/c1-2-9-12(14)15-8-16-13(9)17-6-7-18-11-5-3-4-10(11)17/h8,10-11H,2-7H2,1H3. The van der Waals surface area contributed by atoms with E-state index in [9.17, 15) is 0 Å². The molecule has 98 valence electrons. The highest BCUT2D eigenvalue weighted by Gasteiger charge is 2.37. The average molecular weight is 268 g/mol. The molecular formula is C13H18ClN3O. The Morgan fingerprint density at radius 2 is 2.33 bits per heavy atom. The quantitative estimate of drug-likeness (QED) is 0.772. The lowest BCUT2D eigenvalue weighted by atomic mass is 10.1. The summed E-state index contributed by atoms with van der Waals surface area (Å²) in [4.78, 5) is 10.9. The fourth-order valence-corrected chi connectivity index (χ4v) is 3.38. The van der Waals surface area contributed by atoms with Gasteiger partial charge in [-0.15, -0.1) is 0 Å². The van der Waals surface area contributed by atoms with Crippen LogP contribution in [-0.2, 0) is 11.2 Å². The number of hydrogen-bond donors (Lipinski definition) is 0. The van der Waals surface area contributed by atoms with E-state index in [2.05, 4.69) is 21.8 Å². The molecule has 0 spiro atoms. The molecule has 2 unspecified atom stereocenters. The van der Waals surface area contributed by atoms with Gasteiger partial charge in [0.2, 0.25) is 0 Å². The van der Waals surface area contributed by atoms with Crippen molar-refractivity contribution in [2.45, 2.75) is 44.8 Å². The van der Waals surface area contributed by atoms with Crippen molar-refractivity contribution < 1.29 is 4.74 Å². The molecule has 2 heterocycles. The summed E-state index contributed by atoms with van der Waals surface area (Å²) >= 11 is 6.18. The van der Waals surface area contributed by atoms with Gasteiger partial charge in [-0.1, -0.05) is 18.5 Å². The van der Waals surface area contributed by atoms with E-state index in [1.807, 2.05) is 0 Å². The molecule has 1 saturated carbocycles. The molecule has 0 bridgehead atoms. The summed E-state index contributed by atoms with van der Waals surface area (Å²) in [6.07, 6.45) is 6.40. The maximum Gasteiger partial charge on any atom is 0.137 e. The van der Waals surface area contributed by atoms with Gasteiger partial charge in [0.25, 0.3) is 0 Å². The molecule has 2 atom stereocenters. The van der Waals surface area contributed by atoms with Crippen molar-refractivity contribution in [3.63, 3.8) is 0 Å². The molecule has 0 aromatic carbocycles. The molecule has 5 heteroatoms. The van der Waals surface area contributed by atoms with Crippen molar-refractivity contribution in [1.82, 2.24) is 9.97 Å². The van der Waals surface area contributed by atoms with Crippen LogP contribution in [0.1, 0.15) is 31.7 Å². The maximum absolute atomic E-state index is 6.18. The van der Waals surface area contributed by atoms with Gasteiger partial charge in [0, 0.05) is 12.1 Å². The molecule has 1 saturated heterocycles. The van der Waals surface area contributed by atoms with Gasteiger partial charge in [-0.25, -0.2) is 9.97 Å². The van der Waals surface area contributed by atoms with Crippen molar-refractivity contribution in [1.29, 1.82) is 0 Å². The SMILES string of the molecule is CCc1c(Cl)ncnc1N1CCOC2CCCC21. The molecule has 1 aromatic heterocycles. The fourth-order valence-electron chi connectivity index (χ4n) is 3.12. The van der Waals surface area contributed by atoms with Gasteiger partial charge in [0.05, 0.1) is 18.8 Å². The zero-order chi connectivity index (χ0) is 12.5. The summed E-state index contributed by atoms with van der Waals surface area (Å²) in [5.74, 6) is 1.01. The summed E-state index contributed by atoms with van der Waals surface area (Å²) in [6.45, 7) is 3.79. The molecule has 1 aliphatic heterocycles. The molecule has 18 heavy (non-hydrogen) atoms. The van der Waals surface area contributed by atoms with Gasteiger partial charge in [0.1, 0.15) is 17.3 Å². The van der Waals surface area contributed by atoms with E-state index in [0.29, 0.717) is 17.3 Å². The Balaban J connectivity index is 1.96. The van der Waals surface area contributed by atoms with Crippen LogP contribution in [0.25, 0.3) is 0 Å². The minimum Gasteiger partial charge on any atom is -0.374 e. The molecule has 1 aliphatic carbocycles. The van der Waals surface area contributed by atoms with Crippen molar-refractivity contribution in [3.05, 3.63) is 17.0 Å². The third-order valence-corrected chi connectivity index (χ3v) is 4.30. The minimum atomic E-state index is 0.372. The van der Waals surface area contributed by atoms with Crippen molar-refractivity contribution >= 4 is 17.4 Å². The first-order valence-electron chi connectivity index (χ1n) is 6.69. The first-order chi connectivity index (χ1) is 8.81. The van der Waals surface area contributed by atoms with E-state index in [0.717, 1.165) is 31.0 Å². The molecule has 4 nitrogen and oxygen atoms in total. The Hall–Kier alpha value is -0.870. The van der Waals surface area contributed by atoms with Crippen LogP contribution < -0.4 is 4.90 Å². The van der Waals surface area contributed by atoms with E-state index in [4.69, 9.17) is 16.3 Å². The second-order valence-corrected chi connectivity index (χ2v) is 5.28. The van der Waals surface area contributed by atoms with Crippen molar-refractivity contribution in [2.24, 2.45) is 0 Å². The highest BCUT2D eigenvalue weighted by atomic mass is 35.5. The summed E-state index contributed by atoms with van der Waals surface area (Å²) in [6, 6.07) is 0.468. The number of morpholine rings is 1. The lowest BCUT2D eigenvalue weighted by Crippen LogP contribution is -2.49. The van der Waals surface area contributed by atoms with Gasteiger partial charge in [0.15, 0.2) is 0 Å². The normalized spacial score (nSPS) is 27.3. The first kappa shape index (κ1) is 12.2. The van der Waals surface area contributed by atoms with Gasteiger partial charge in [-0.05, 0) is 25.7 Å². The minimum absolute atomic E-state index is 0.372. The number of hydrogen-bond acceptors (Lipinski definition) is 4. The van der Waals surface area contributed by atoms with E-state index in [-0.39, 0.29) is 0 Å². The summed E-state index contributed by atoms with van der Waals surface area (Å²) in [5.41, 5.74) is 1.06. The first-order valence-corrected chi connectivity index (χ1v) is 7.06. The summed E-state index contributed by atoms with van der Waals surface area (Å²) in [5, 5.41) is 0.587. The van der Waals surface area contributed by atoms with Crippen LogP contribution in [0.5, 0.6) is 0 Å². The molecule has 0 N–H and O–H groups in total. The molecule has 2 aliphatic rings. The van der Waals surface area contributed by atoms with Crippen LogP contribution in [0.3, 0.4) is 0 Å². The van der Waals surface area contributed by atoms with E-state index < -0.39 is 0 Å². The third-order valence-electron chi connectivity index (χ3n) is 3.98. The number of rotatable bonds is 2. The number of ether oxygens (including phenoxy) is 1. The van der Waals surface area contributed by atoms with Crippen LogP contribution in [0.15, 0.2) is 6.33 Å². The smallest absolute Gasteiger partial charge is 0.137 e. The molecule has 3 rings (SSSR count). The Bertz CT molecular complexity index is 440. The Morgan fingerprint density at radius 1 is 1.44 bits per heavy atom. The molecule has 2 fully saturated rings. The zero-order valence-corrected chi connectivity index (χ0v) is 11.4. The van der Waals surface area contributed by atoms with Crippen molar-refractivity contribution in [3.8, 4) is 0 Å². The van der Waals surface area contributed by atoms with Crippen molar-refractivity contribution in [2.75, 3.05) is 18.1 Å². The predicted molar refractivity (Wildman–Crippen MR) is 71.1 cm³/mol. The second kappa shape index (κ2) is 5.02.